The van der Waals surface area contributed by atoms with Crippen molar-refractivity contribution < 1.29 is 18.7 Å². The van der Waals surface area contributed by atoms with E-state index in [4.69, 9.17) is 13.9 Å². The fourth-order valence-electron chi connectivity index (χ4n) is 2.57. The summed E-state index contributed by atoms with van der Waals surface area (Å²) in [5.41, 5.74) is -0.00961. The molecule has 0 unspecified atom stereocenters. The molecule has 0 atom stereocenters. The predicted molar refractivity (Wildman–Crippen MR) is 87.6 cm³/mol. The number of hydrogen-bond donors (Lipinski definition) is 0. The zero-order valence-electron chi connectivity index (χ0n) is 14.1. The maximum Gasteiger partial charge on any atom is 0.261 e. The molecular weight excluding hydrogens is 298 g/mol. The van der Waals surface area contributed by atoms with Gasteiger partial charge in [0.1, 0.15) is 33.8 Å². The van der Waals surface area contributed by atoms with Gasteiger partial charge in [-0.05, 0) is 20.8 Å². The van der Waals surface area contributed by atoms with Crippen LogP contribution in [0, 0.1) is 6.92 Å². The number of carbonyl (C=O) groups excluding carboxylic acids is 1. The lowest BCUT2D eigenvalue weighted by Crippen LogP contribution is -2.34. The van der Waals surface area contributed by atoms with Gasteiger partial charge < -0.3 is 18.8 Å². The molecule has 0 fully saturated rings. The van der Waals surface area contributed by atoms with Gasteiger partial charge in [0.05, 0.1) is 14.2 Å². The predicted octanol–water partition coefficient (Wildman–Crippen LogP) is 2.60. The minimum Gasteiger partial charge on any atom is -0.496 e. The summed E-state index contributed by atoms with van der Waals surface area (Å²) in [6, 6.07) is 3.21. The van der Waals surface area contributed by atoms with Gasteiger partial charge in [-0.1, -0.05) is 0 Å². The molecule has 0 aliphatic rings. The Kier molecular flexibility index (Phi) is 4.93. The SMILES string of the molecule is CCN(CC)C(=O)c1c(C)oc2cc(OC)cc(OC)c2c1=O. The molecule has 0 spiro atoms. The first-order valence-corrected chi connectivity index (χ1v) is 7.47. The van der Waals surface area contributed by atoms with Gasteiger partial charge in [-0.3, -0.25) is 9.59 Å². The van der Waals surface area contributed by atoms with Crippen LogP contribution in [0.5, 0.6) is 11.5 Å². The van der Waals surface area contributed by atoms with Crippen molar-refractivity contribution in [2.24, 2.45) is 0 Å². The molecule has 0 aliphatic carbocycles. The zero-order chi connectivity index (χ0) is 17.1. The van der Waals surface area contributed by atoms with Crippen LogP contribution in [-0.2, 0) is 0 Å². The lowest BCUT2D eigenvalue weighted by atomic mass is 10.1. The second-order valence-electron chi connectivity index (χ2n) is 5.04. The minimum atomic E-state index is -0.389. The molecule has 0 radical (unpaired) electrons. The van der Waals surface area contributed by atoms with E-state index in [1.54, 1.807) is 24.0 Å². The van der Waals surface area contributed by atoms with Crippen molar-refractivity contribution in [1.82, 2.24) is 4.90 Å². The summed E-state index contributed by atoms with van der Waals surface area (Å²) < 4.78 is 16.2. The van der Waals surface area contributed by atoms with Gasteiger partial charge in [0.25, 0.3) is 5.91 Å². The van der Waals surface area contributed by atoms with E-state index in [1.807, 2.05) is 13.8 Å². The number of benzene rings is 1. The van der Waals surface area contributed by atoms with Crippen molar-refractivity contribution in [1.29, 1.82) is 0 Å². The standard InChI is InChI=1S/C17H21NO5/c1-6-18(7-2)17(20)14-10(3)23-13-9-11(21-4)8-12(22-5)15(13)16(14)19/h8-9H,6-7H2,1-5H3. The summed E-state index contributed by atoms with van der Waals surface area (Å²) in [7, 11) is 2.98. The Labute approximate surface area is 134 Å². The molecule has 23 heavy (non-hydrogen) atoms. The van der Waals surface area contributed by atoms with Crippen molar-refractivity contribution in [3.05, 3.63) is 33.7 Å². The van der Waals surface area contributed by atoms with E-state index < -0.39 is 0 Å². The number of aryl methyl sites for hydroxylation is 1. The summed E-state index contributed by atoms with van der Waals surface area (Å²) >= 11 is 0. The zero-order valence-corrected chi connectivity index (χ0v) is 14.1. The first kappa shape index (κ1) is 16.9. The lowest BCUT2D eigenvalue weighted by molar-refractivity contribution is 0.0768. The topological polar surface area (TPSA) is 69.0 Å². The van der Waals surface area contributed by atoms with Crippen LogP contribution in [0.3, 0.4) is 0 Å². The maximum absolute atomic E-state index is 12.9. The number of rotatable bonds is 5. The van der Waals surface area contributed by atoms with Crippen LogP contribution in [0.1, 0.15) is 30.0 Å². The molecule has 0 bridgehead atoms. The van der Waals surface area contributed by atoms with Gasteiger partial charge in [0.2, 0.25) is 5.43 Å². The highest BCUT2D eigenvalue weighted by molar-refractivity contribution is 5.99. The molecule has 0 saturated heterocycles. The smallest absolute Gasteiger partial charge is 0.261 e. The summed E-state index contributed by atoms with van der Waals surface area (Å²) in [4.78, 5) is 27.1. The van der Waals surface area contributed by atoms with Gasteiger partial charge in [-0.2, -0.15) is 0 Å². The number of methoxy groups -OCH3 is 2. The van der Waals surface area contributed by atoms with E-state index >= 15 is 0 Å². The van der Waals surface area contributed by atoms with E-state index in [-0.39, 0.29) is 28.0 Å². The average Bonchev–Trinajstić information content (AvgIpc) is 2.54. The normalized spacial score (nSPS) is 10.7. The summed E-state index contributed by atoms with van der Waals surface area (Å²) in [6.45, 7) is 6.39. The molecule has 6 heteroatoms. The Morgan fingerprint density at radius 1 is 1.17 bits per heavy atom. The lowest BCUT2D eigenvalue weighted by Gasteiger charge is -2.19. The highest BCUT2D eigenvalue weighted by Gasteiger charge is 2.24. The highest BCUT2D eigenvalue weighted by atomic mass is 16.5. The number of nitrogens with zero attached hydrogens (tertiary/aromatic N) is 1. The van der Waals surface area contributed by atoms with E-state index in [1.165, 1.54) is 14.2 Å². The largest absolute Gasteiger partial charge is 0.496 e. The van der Waals surface area contributed by atoms with Crippen molar-refractivity contribution in [3.63, 3.8) is 0 Å². The Balaban J connectivity index is 2.79. The third kappa shape index (κ3) is 2.88. The number of ether oxygens (including phenoxy) is 2. The molecule has 0 saturated carbocycles. The molecule has 124 valence electrons. The quantitative estimate of drug-likeness (QED) is 0.847. The second kappa shape index (κ2) is 6.73. The van der Waals surface area contributed by atoms with Crippen LogP contribution in [0.25, 0.3) is 11.0 Å². The first-order valence-electron chi connectivity index (χ1n) is 7.47. The molecule has 1 heterocycles. The molecule has 1 aromatic carbocycles. The van der Waals surface area contributed by atoms with Crippen molar-refractivity contribution in [2.75, 3.05) is 27.3 Å². The molecule has 0 aliphatic heterocycles. The van der Waals surface area contributed by atoms with Gasteiger partial charge in [0, 0.05) is 25.2 Å². The molecule has 1 aromatic heterocycles. The van der Waals surface area contributed by atoms with Gasteiger partial charge >= 0.3 is 0 Å². The molecule has 1 amide bonds. The van der Waals surface area contributed by atoms with Crippen LogP contribution in [-0.4, -0.2) is 38.1 Å². The Morgan fingerprint density at radius 3 is 2.35 bits per heavy atom. The number of carbonyl (C=O) groups is 1. The van der Waals surface area contributed by atoms with Crippen molar-refractivity contribution >= 4 is 16.9 Å². The first-order chi connectivity index (χ1) is 11.0. The summed E-state index contributed by atoms with van der Waals surface area (Å²) in [5.74, 6) is 0.789. The Bertz CT molecular complexity index is 790. The van der Waals surface area contributed by atoms with Crippen molar-refractivity contribution in [3.8, 4) is 11.5 Å². The monoisotopic (exact) mass is 319 g/mol. The second-order valence-corrected chi connectivity index (χ2v) is 5.04. The molecule has 2 rings (SSSR count). The van der Waals surface area contributed by atoms with E-state index in [0.29, 0.717) is 30.2 Å². The molecular formula is C17H21NO5. The Hall–Kier alpha value is -2.50. The van der Waals surface area contributed by atoms with E-state index in [0.717, 1.165) is 0 Å². The average molecular weight is 319 g/mol. The minimum absolute atomic E-state index is 0.0460. The van der Waals surface area contributed by atoms with Crippen LogP contribution in [0.4, 0.5) is 0 Å². The number of fused-ring (bicyclic) bond motifs is 1. The van der Waals surface area contributed by atoms with Crippen LogP contribution in [0.2, 0.25) is 0 Å². The third-order valence-electron chi connectivity index (χ3n) is 3.83. The fraction of sp³-hybridized carbons (Fsp3) is 0.412. The fourth-order valence-corrected chi connectivity index (χ4v) is 2.57. The van der Waals surface area contributed by atoms with E-state index in [2.05, 4.69) is 0 Å². The third-order valence-corrected chi connectivity index (χ3v) is 3.83. The van der Waals surface area contributed by atoms with Gasteiger partial charge in [0.15, 0.2) is 0 Å². The van der Waals surface area contributed by atoms with Gasteiger partial charge in [-0.15, -0.1) is 0 Å². The summed E-state index contributed by atoms with van der Waals surface area (Å²) in [6.07, 6.45) is 0. The summed E-state index contributed by atoms with van der Waals surface area (Å²) in [5, 5.41) is 0.245. The molecule has 2 aromatic rings. The van der Waals surface area contributed by atoms with Crippen LogP contribution < -0.4 is 14.9 Å². The Morgan fingerprint density at radius 2 is 1.83 bits per heavy atom. The van der Waals surface area contributed by atoms with Crippen LogP contribution in [0.15, 0.2) is 21.3 Å². The number of amides is 1. The molecule has 6 nitrogen and oxygen atoms in total. The van der Waals surface area contributed by atoms with Gasteiger partial charge in [-0.25, -0.2) is 0 Å². The van der Waals surface area contributed by atoms with E-state index in [9.17, 15) is 9.59 Å². The number of hydrogen-bond acceptors (Lipinski definition) is 5. The maximum atomic E-state index is 12.9. The van der Waals surface area contributed by atoms with Crippen LogP contribution >= 0.6 is 0 Å². The highest BCUT2D eigenvalue weighted by Crippen LogP contribution is 2.30. The molecule has 0 N–H and O–H groups in total. The van der Waals surface area contributed by atoms with Crippen molar-refractivity contribution in [2.45, 2.75) is 20.8 Å².